The average Bonchev–Trinajstić information content (AvgIpc) is 3.13. The number of fused-ring (bicyclic) bond motifs is 1. The number of carbonyl (C=O) groups is 1. The second-order valence-corrected chi connectivity index (χ2v) is 7.78. The number of benzene rings is 1. The van der Waals surface area contributed by atoms with E-state index in [0.29, 0.717) is 32.6 Å². The summed E-state index contributed by atoms with van der Waals surface area (Å²) in [5, 5.41) is 11.4. The van der Waals surface area contributed by atoms with Crippen LogP contribution in [0.2, 0.25) is 10.0 Å². The number of anilines is 2. The van der Waals surface area contributed by atoms with E-state index in [1.165, 1.54) is 25.6 Å². The van der Waals surface area contributed by atoms with Crippen molar-refractivity contribution < 1.29 is 4.79 Å². The van der Waals surface area contributed by atoms with E-state index in [4.69, 9.17) is 23.2 Å². The fraction of sp³-hybridized carbons (Fsp3) is 0.368. The third kappa shape index (κ3) is 5.31. The molecule has 11 heteroatoms. The zero-order valence-corrected chi connectivity index (χ0v) is 18.5. The molecule has 0 bridgehead atoms. The van der Waals surface area contributed by atoms with Crippen LogP contribution in [0.1, 0.15) is 19.3 Å². The molecule has 2 amide bonds. The predicted molar refractivity (Wildman–Crippen MR) is 122 cm³/mol. The van der Waals surface area contributed by atoms with Crippen LogP contribution in [0.3, 0.4) is 0 Å². The Hall–Kier alpha value is -2.13. The summed E-state index contributed by atoms with van der Waals surface area (Å²) in [5.74, 6) is 0.391. The molecular weight excluding hydrogens is 449 g/mol. The summed E-state index contributed by atoms with van der Waals surface area (Å²) in [6.07, 6.45) is 6.92. The summed E-state index contributed by atoms with van der Waals surface area (Å²) in [7, 11) is 0. The van der Waals surface area contributed by atoms with Gasteiger partial charge in [0.25, 0.3) is 0 Å². The first kappa shape index (κ1) is 22.6. The Kier molecular flexibility index (Phi) is 7.71. The molecule has 1 saturated heterocycles. The minimum absolute atomic E-state index is 0. The number of hydrogen-bond donors (Lipinski definition) is 2. The molecule has 0 saturated carbocycles. The molecular formula is C19H22Cl3N7O. The molecule has 0 radical (unpaired) electrons. The molecule has 1 aliphatic heterocycles. The summed E-state index contributed by atoms with van der Waals surface area (Å²) < 4.78 is 1.85. The zero-order chi connectivity index (χ0) is 20.2. The number of nitrogens with zero attached hydrogens (tertiary/aromatic N) is 5. The molecule has 0 aliphatic carbocycles. The van der Waals surface area contributed by atoms with Crippen molar-refractivity contribution in [1.82, 2.24) is 24.6 Å². The van der Waals surface area contributed by atoms with Crippen LogP contribution in [0.15, 0.2) is 30.7 Å². The van der Waals surface area contributed by atoms with E-state index in [2.05, 4.69) is 30.6 Å². The lowest BCUT2D eigenvalue weighted by Gasteiger charge is -2.26. The van der Waals surface area contributed by atoms with Crippen LogP contribution in [0.25, 0.3) is 11.0 Å². The Balaban J connectivity index is 0.00000256. The number of rotatable bonds is 5. The average molecular weight is 471 g/mol. The quantitative estimate of drug-likeness (QED) is 0.565. The highest BCUT2D eigenvalue weighted by Crippen LogP contribution is 2.26. The van der Waals surface area contributed by atoms with Crippen molar-refractivity contribution in [1.29, 1.82) is 0 Å². The van der Waals surface area contributed by atoms with Crippen molar-refractivity contribution in [3.8, 4) is 0 Å². The highest BCUT2D eigenvalue weighted by atomic mass is 35.5. The van der Waals surface area contributed by atoms with Gasteiger partial charge >= 0.3 is 6.03 Å². The van der Waals surface area contributed by atoms with Gasteiger partial charge in [-0.15, -0.1) is 12.4 Å². The van der Waals surface area contributed by atoms with E-state index in [1.54, 1.807) is 24.4 Å². The summed E-state index contributed by atoms with van der Waals surface area (Å²) in [4.78, 5) is 23.4. The SMILES string of the molecule is Cl.O=C(Nc1ccc(Cl)cc1Cl)Nc1ncnc2c1cnn2CCN1CCCCC1. The topological polar surface area (TPSA) is 88.0 Å². The van der Waals surface area contributed by atoms with Crippen molar-refractivity contribution in [2.75, 3.05) is 30.3 Å². The lowest BCUT2D eigenvalue weighted by atomic mass is 10.1. The summed E-state index contributed by atoms with van der Waals surface area (Å²) in [5.41, 5.74) is 1.15. The Morgan fingerprint density at radius 3 is 2.63 bits per heavy atom. The third-order valence-corrected chi connectivity index (χ3v) is 5.47. The van der Waals surface area contributed by atoms with E-state index in [1.807, 2.05) is 4.68 Å². The molecule has 30 heavy (non-hydrogen) atoms. The van der Waals surface area contributed by atoms with E-state index < -0.39 is 6.03 Å². The van der Waals surface area contributed by atoms with Gasteiger partial charge in [0.1, 0.15) is 12.1 Å². The number of nitrogens with one attached hydrogen (secondary N) is 2. The van der Waals surface area contributed by atoms with Crippen molar-refractivity contribution >= 4 is 64.2 Å². The normalized spacial score (nSPS) is 14.3. The Morgan fingerprint density at radius 2 is 1.87 bits per heavy atom. The van der Waals surface area contributed by atoms with Crippen LogP contribution >= 0.6 is 35.6 Å². The van der Waals surface area contributed by atoms with Crippen molar-refractivity contribution in [3.05, 3.63) is 40.8 Å². The van der Waals surface area contributed by atoms with Gasteiger partial charge in [-0.3, -0.25) is 5.32 Å². The maximum absolute atomic E-state index is 12.4. The minimum Gasteiger partial charge on any atom is -0.306 e. The standard InChI is InChI=1S/C19H21Cl2N7O.ClH/c20-13-4-5-16(15(21)10-13)25-19(29)26-17-14-11-24-28(18(14)23-12-22-17)9-8-27-6-2-1-3-7-27;/h4-5,10-12H,1-3,6-9H2,(H2,22,23,25,26,29);1H. The van der Waals surface area contributed by atoms with Gasteiger partial charge in [0.15, 0.2) is 5.65 Å². The first-order valence-corrected chi connectivity index (χ1v) is 10.3. The molecule has 2 aromatic heterocycles. The molecule has 0 atom stereocenters. The summed E-state index contributed by atoms with van der Waals surface area (Å²) in [6, 6.07) is 4.39. The molecule has 1 aromatic carbocycles. The molecule has 0 spiro atoms. The fourth-order valence-corrected chi connectivity index (χ4v) is 3.88. The van der Waals surface area contributed by atoms with Gasteiger partial charge in [-0.1, -0.05) is 29.6 Å². The lowest BCUT2D eigenvalue weighted by Crippen LogP contribution is -2.32. The highest BCUT2D eigenvalue weighted by Gasteiger charge is 2.15. The Labute approximate surface area is 190 Å². The maximum Gasteiger partial charge on any atom is 0.324 e. The summed E-state index contributed by atoms with van der Waals surface area (Å²) >= 11 is 12.0. The second kappa shape index (κ2) is 10.3. The van der Waals surface area contributed by atoms with Gasteiger partial charge in [-0.05, 0) is 44.1 Å². The van der Waals surface area contributed by atoms with Crippen LogP contribution in [0.5, 0.6) is 0 Å². The summed E-state index contributed by atoms with van der Waals surface area (Å²) in [6.45, 7) is 3.94. The van der Waals surface area contributed by atoms with Crippen LogP contribution < -0.4 is 10.6 Å². The minimum atomic E-state index is -0.463. The molecule has 1 aliphatic rings. The monoisotopic (exact) mass is 469 g/mol. The molecule has 3 aromatic rings. The number of carbonyl (C=O) groups excluding carboxylic acids is 1. The van der Waals surface area contributed by atoms with E-state index in [9.17, 15) is 4.79 Å². The molecule has 0 unspecified atom stereocenters. The molecule has 4 rings (SSSR count). The number of aromatic nitrogens is 4. The van der Waals surface area contributed by atoms with E-state index >= 15 is 0 Å². The number of urea groups is 1. The number of piperidine rings is 1. The zero-order valence-electron chi connectivity index (χ0n) is 16.1. The van der Waals surface area contributed by atoms with Gasteiger partial charge < -0.3 is 10.2 Å². The van der Waals surface area contributed by atoms with Gasteiger partial charge in [0.05, 0.1) is 28.8 Å². The van der Waals surface area contributed by atoms with E-state index in [0.717, 1.165) is 26.2 Å². The Morgan fingerprint density at radius 1 is 1.07 bits per heavy atom. The number of hydrogen-bond acceptors (Lipinski definition) is 5. The maximum atomic E-state index is 12.4. The molecule has 8 nitrogen and oxygen atoms in total. The number of likely N-dealkylation sites (tertiary alicyclic amines) is 1. The third-order valence-electron chi connectivity index (χ3n) is 4.92. The van der Waals surface area contributed by atoms with Crippen LogP contribution in [0.4, 0.5) is 16.3 Å². The van der Waals surface area contributed by atoms with Crippen molar-refractivity contribution in [3.63, 3.8) is 0 Å². The van der Waals surface area contributed by atoms with Crippen LogP contribution in [-0.2, 0) is 6.54 Å². The first-order chi connectivity index (χ1) is 14.1. The van der Waals surface area contributed by atoms with Crippen molar-refractivity contribution in [2.45, 2.75) is 25.8 Å². The van der Waals surface area contributed by atoms with Crippen molar-refractivity contribution in [2.24, 2.45) is 0 Å². The molecule has 2 N–H and O–H groups in total. The second-order valence-electron chi connectivity index (χ2n) is 6.93. The van der Waals surface area contributed by atoms with Gasteiger partial charge in [-0.25, -0.2) is 19.4 Å². The largest absolute Gasteiger partial charge is 0.324 e. The van der Waals surface area contributed by atoms with Gasteiger partial charge in [0.2, 0.25) is 0 Å². The predicted octanol–water partition coefficient (Wildman–Crippen LogP) is 4.68. The van der Waals surface area contributed by atoms with Gasteiger partial charge in [-0.2, -0.15) is 5.10 Å². The molecule has 160 valence electrons. The van der Waals surface area contributed by atoms with Gasteiger partial charge in [0, 0.05) is 11.6 Å². The van der Waals surface area contributed by atoms with Crippen LogP contribution in [0, 0.1) is 0 Å². The highest BCUT2D eigenvalue weighted by molar-refractivity contribution is 6.36. The van der Waals surface area contributed by atoms with E-state index in [-0.39, 0.29) is 12.4 Å². The Bertz CT molecular complexity index is 1020. The number of amides is 2. The fourth-order valence-electron chi connectivity index (χ4n) is 3.43. The smallest absolute Gasteiger partial charge is 0.306 e. The lowest BCUT2D eigenvalue weighted by molar-refractivity contribution is 0.219. The first-order valence-electron chi connectivity index (χ1n) is 9.52. The molecule has 1 fully saturated rings. The number of halogens is 3. The van der Waals surface area contributed by atoms with Crippen LogP contribution in [-0.4, -0.2) is 50.3 Å². The molecule has 3 heterocycles.